The fraction of sp³-hybridized carbons (Fsp3) is 0.143. The summed E-state index contributed by atoms with van der Waals surface area (Å²) in [5, 5.41) is 18.2. The molecule has 2 aromatic heterocycles. The number of nitriles is 2. The first-order valence-electron chi connectivity index (χ1n) is 5.99. The predicted molar refractivity (Wildman–Crippen MR) is 93.2 cm³/mol. The lowest BCUT2D eigenvalue weighted by Gasteiger charge is -2.03. The highest BCUT2D eigenvalue weighted by Crippen LogP contribution is 2.31. The average Bonchev–Trinajstić information content (AvgIpc) is 2.53. The summed E-state index contributed by atoms with van der Waals surface area (Å²) in [6.45, 7) is 3.82. The first-order valence-corrected chi connectivity index (χ1v) is 9.25. The third-order valence-electron chi connectivity index (χ3n) is 3.06. The van der Waals surface area contributed by atoms with E-state index in [0.717, 1.165) is 32.4 Å². The predicted octanol–water partition coefficient (Wildman–Crippen LogP) is 3.88. The molecule has 1 aromatic carbocycles. The van der Waals surface area contributed by atoms with Gasteiger partial charge in [-0.2, -0.15) is 10.5 Å². The van der Waals surface area contributed by atoms with E-state index >= 15 is 0 Å². The average molecular weight is 362 g/mol. The van der Waals surface area contributed by atoms with Crippen molar-refractivity contribution < 1.29 is 0 Å². The summed E-state index contributed by atoms with van der Waals surface area (Å²) < 4.78 is 1.40. The normalized spacial score (nSPS) is 10.5. The third kappa shape index (κ3) is 2.13. The van der Waals surface area contributed by atoms with Crippen LogP contribution in [0.4, 0.5) is 0 Å². The lowest BCUT2D eigenvalue weighted by atomic mass is 10.3. The lowest BCUT2D eigenvalue weighted by molar-refractivity contribution is 1.49. The highest BCUT2D eigenvalue weighted by molar-refractivity contribution is 7.31. The van der Waals surface area contributed by atoms with E-state index in [1.165, 1.54) is 22.7 Å². The minimum absolute atomic E-state index is 0.174. The van der Waals surface area contributed by atoms with Crippen molar-refractivity contribution in [2.45, 2.75) is 13.8 Å². The molecule has 2 heterocycles. The second-order valence-electron chi connectivity index (χ2n) is 4.38. The van der Waals surface area contributed by atoms with Crippen molar-refractivity contribution in [1.29, 1.82) is 10.5 Å². The quantitative estimate of drug-likeness (QED) is 0.568. The highest BCUT2D eigenvalue weighted by atomic mass is 32.1. The largest absolute Gasteiger partial charge is 0.287 e. The van der Waals surface area contributed by atoms with Gasteiger partial charge in [-0.25, -0.2) is 0 Å². The van der Waals surface area contributed by atoms with Gasteiger partial charge in [0.25, 0.3) is 0 Å². The number of hydrogen-bond donors (Lipinski definition) is 0. The van der Waals surface area contributed by atoms with Crippen LogP contribution in [0.5, 0.6) is 0 Å². The van der Waals surface area contributed by atoms with E-state index in [2.05, 4.69) is 0 Å². The molecule has 22 heavy (non-hydrogen) atoms. The molecule has 0 radical (unpaired) electrons. The Labute approximate surface area is 140 Å². The fourth-order valence-electron chi connectivity index (χ4n) is 1.88. The maximum Gasteiger partial charge on any atom is 0.216 e. The summed E-state index contributed by atoms with van der Waals surface area (Å²) in [6, 6.07) is 3.85. The Bertz CT molecular complexity index is 1070. The molecule has 0 bridgehead atoms. The van der Waals surface area contributed by atoms with Crippen molar-refractivity contribution in [2.75, 3.05) is 0 Å². The molecule has 0 fully saturated rings. The number of nitrogens with zero attached hydrogens (tertiary/aromatic N) is 2. The Hall–Kier alpha value is -1.84. The first kappa shape index (κ1) is 15.1. The van der Waals surface area contributed by atoms with Crippen LogP contribution in [0.2, 0.25) is 0 Å². The summed E-state index contributed by atoms with van der Waals surface area (Å²) in [5.41, 5.74) is -0.452. The van der Waals surface area contributed by atoms with Crippen molar-refractivity contribution in [3.8, 4) is 12.1 Å². The van der Waals surface area contributed by atoms with E-state index in [0.29, 0.717) is 9.40 Å². The second kappa shape index (κ2) is 5.41. The van der Waals surface area contributed by atoms with Crippen LogP contribution in [0.25, 0.3) is 18.8 Å². The van der Waals surface area contributed by atoms with E-state index < -0.39 is 0 Å². The van der Waals surface area contributed by atoms with Gasteiger partial charge in [-0.05, 0) is 13.8 Å². The van der Waals surface area contributed by atoms with Crippen molar-refractivity contribution in [3.05, 3.63) is 40.0 Å². The maximum atomic E-state index is 12.7. The standard InChI is InChI=1S/C14H6N2O2S4/c1-5-6(2)20-12-10(18)14-13(9(17)11(12)19-5)21-7(3-15)8(4-16)22-14/h1-2H3. The minimum Gasteiger partial charge on any atom is -0.287 e. The van der Waals surface area contributed by atoms with Gasteiger partial charge < -0.3 is 0 Å². The van der Waals surface area contributed by atoms with Crippen LogP contribution in [0.15, 0.2) is 9.59 Å². The van der Waals surface area contributed by atoms with Gasteiger partial charge >= 0.3 is 0 Å². The Balaban J connectivity index is 2.67. The number of hydrogen-bond acceptors (Lipinski definition) is 8. The third-order valence-corrected chi connectivity index (χ3v) is 8.18. The van der Waals surface area contributed by atoms with Gasteiger partial charge in [0.05, 0.1) is 18.8 Å². The van der Waals surface area contributed by atoms with Gasteiger partial charge in [-0.3, -0.25) is 9.59 Å². The van der Waals surface area contributed by atoms with Crippen molar-refractivity contribution in [1.82, 2.24) is 0 Å². The van der Waals surface area contributed by atoms with E-state index in [1.54, 1.807) is 0 Å². The van der Waals surface area contributed by atoms with Crippen LogP contribution < -0.4 is 10.9 Å². The smallest absolute Gasteiger partial charge is 0.216 e. The molecule has 0 unspecified atom stereocenters. The molecule has 3 aromatic rings. The van der Waals surface area contributed by atoms with Crippen molar-refractivity contribution in [2.24, 2.45) is 0 Å². The van der Waals surface area contributed by atoms with E-state index in [1.807, 2.05) is 26.0 Å². The summed E-state index contributed by atoms with van der Waals surface area (Å²) in [5.74, 6) is 0. The van der Waals surface area contributed by atoms with Crippen LogP contribution in [0.1, 0.15) is 19.5 Å². The minimum atomic E-state index is -0.226. The molecular formula is C14H6N2O2S4. The Morgan fingerprint density at radius 2 is 1.00 bits per heavy atom. The number of rotatable bonds is 0. The summed E-state index contributed by atoms with van der Waals surface area (Å²) in [4.78, 5) is 27.7. The fourth-order valence-corrected chi connectivity index (χ4v) is 6.21. The molecule has 8 heteroatoms. The Morgan fingerprint density at radius 3 is 1.32 bits per heavy atom. The maximum absolute atomic E-state index is 12.7. The summed E-state index contributed by atoms with van der Waals surface area (Å²) in [6.07, 6.45) is 0. The van der Waals surface area contributed by atoms with Gasteiger partial charge in [-0.1, -0.05) is 0 Å². The Morgan fingerprint density at radius 1 is 0.682 bits per heavy atom. The van der Waals surface area contributed by atoms with Crippen LogP contribution in [0.3, 0.4) is 0 Å². The summed E-state index contributed by atoms with van der Waals surface area (Å²) >= 11 is 4.48. The monoisotopic (exact) mass is 362 g/mol. The SMILES string of the molecule is Cc1sc2c(=O)c3sc(C#N)c(C#N)sc3c(=O)c2sc1C. The molecule has 0 aliphatic rings. The zero-order valence-corrected chi connectivity index (χ0v) is 14.6. The van der Waals surface area contributed by atoms with Gasteiger partial charge in [-0.15, -0.1) is 45.3 Å². The number of fused-ring (bicyclic) bond motifs is 2. The molecule has 0 aliphatic carbocycles. The first-order chi connectivity index (χ1) is 10.5. The van der Waals surface area contributed by atoms with Crippen molar-refractivity contribution in [3.63, 3.8) is 0 Å². The molecule has 4 nitrogen and oxygen atoms in total. The molecule has 0 saturated carbocycles. The van der Waals surface area contributed by atoms with Gasteiger partial charge in [0.15, 0.2) is 0 Å². The van der Waals surface area contributed by atoms with Gasteiger partial charge in [0.2, 0.25) is 10.9 Å². The van der Waals surface area contributed by atoms with Gasteiger partial charge in [0.1, 0.15) is 21.9 Å². The molecular weight excluding hydrogens is 356 g/mol. The second-order valence-corrected chi connectivity index (χ2v) is 8.87. The number of benzene rings is 1. The molecule has 0 saturated heterocycles. The molecule has 0 spiro atoms. The van der Waals surface area contributed by atoms with E-state index in [9.17, 15) is 9.59 Å². The van der Waals surface area contributed by atoms with Crippen LogP contribution >= 0.6 is 45.3 Å². The molecule has 0 aliphatic heterocycles. The van der Waals surface area contributed by atoms with Crippen LogP contribution in [-0.4, -0.2) is 0 Å². The van der Waals surface area contributed by atoms with Crippen LogP contribution in [-0.2, 0) is 0 Å². The zero-order chi connectivity index (χ0) is 16.0. The van der Waals surface area contributed by atoms with E-state index in [-0.39, 0.29) is 30.0 Å². The zero-order valence-electron chi connectivity index (χ0n) is 11.3. The molecule has 0 N–H and O–H groups in total. The van der Waals surface area contributed by atoms with Gasteiger partial charge in [0, 0.05) is 9.75 Å². The Kier molecular flexibility index (Phi) is 3.71. The highest BCUT2D eigenvalue weighted by Gasteiger charge is 2.17. The van der Waals surface area contributed by atoms with Crippen LogP contribution in [0, 0.1) is 36.5 Å². The van der Waals surface area contributed by atoms with E-state index in [4.69, 9.17) is 10.5 Å². The molecule has 108 valence electrons. The number of aryl methyl sites for hydroxylation is 2. The molecule has 0 amide bonds. The lowest BCUT2D eigenvalue weighted by Crippen LogP contribution is -2.10. The van der Waals surface area contributed by atoms with Crippen molar-refractivity contribution >= 4 is 64.1 Å². The molecule has 0 atom stereocenters. The topological polar surface area (TPSA) is 81.7 Å². The molecule has 3 rings (SSSR count). The summed E-state index contributed by atoms with van der Waals surface area (Å²) in [7, 11) is 0.